The molecule has 1 N–H and O–H groups in total. The van der Waals surface area contributed by atoms with Crippen molar-refractivity contribution in [3.05, 3.63) is 29.3 Å². The van der Waals surface area contributed by atoms with Gasteiger partial charge in [-0.15, -0.1) is 0 Å². The van der Waals surface area contributed by atoms with Crippen molar-refractivity contribution in [3.8, 4) is 0 Å². The number of aryl methyl sites for hydroxylation is 2. The van der Waals surface area contributed by atoms with Gasteiger partial charge in [-0.3, -0.25) is 0 Å². The fourth-order valence-electron chi connectivity index (χ4n) is 2.08. The largest absolute Gasteiger partial charge is 0.380 e. The minimum Gasteiger partial charge on any atom is -0.380 e. The van der Waals surface area contributed by atoms with E-state index < -0.39 is 0 Å². The van der Waals surface area contributed by atoms with Crippen LogP contribution in [0.1, 0.15) is 52.2 Å². The van der Waals surface area contributed by atoms with Crippen molar-refractivity contribution < 1.29 is 0 Å². The fourth-order valence-corrected chi connectivity index (χ4v) is 2.08. The van der Waals surface area contributed by atoms with E-state index in [1.54, 1.807) is 11.1 Å². The Bertz CT molecular complexity index is 334. The molecule has 0 radical (unpaired) electrons. The zero-order valence-electron chi connectivity index (χ0n) is 11.4. The van der Waals surface area contributed by atoms with Gasteiger partial charge in [0.25, 0.3) is 0 Å². The molecule has 0 heterocycles. The highest BCUT2D eigenvalue weighted by Crippen LogP contribution is 2.26. The van der Waals surface area contributed by atoms with Gasteiger partial charge in [-0.25, -0.2) is 0 Å². The molecule has 0 spiro atoms. The summed E-state index contributed by atoms with van der Waals surface area (Å²) in [7, 11) is 0. The first kappa shape index (κ1) is 13.1. The predicted octanol–water partition coefficient (Wildman–Crippen LogP) is 4.41. The minimum absolute atomic E-state index is 0.160. The average molecular weight is 219 g/mol. The highest BCUT2D eigenvalue weighted by Gasteiger charge is 2.13. The van der Waals surface area contributed by atoms with Gasteiger partial charge in [-0.05, 0) is 63.3 Å². The van der Waals surface area contributed by atoms with Crippen LogP contribution in [0, 0.1) is 0 Å². The third kappa shape index (κ3) is 3.55. The lowest BCUT2D eigenvalue weighted by Gasteiger charge is -2.22. The van der Waals surface area contributed by atoms with Crippen LogP contribution in [0.4, 0.5) is 5.69 Å². The number of hydrogen-bond donors (Lipinski definition) is 1. The maximum Gasteiger partial charge on any atom is 0.0347 e. The molecule has 1 heteroatoms. The van der Waals surface area contributed by atoms with Crippen LogP contribution in [0.25, 0.3) is 0 Å². The van der Waals surface area contributed by atoms with E-state index in [1.807, 2.05) is 13.8 Å². The summed E-state index contributed by atoms with van der Waals surface area (Å²) in [5, 5.41) is 3.51. The lowest BCUT2D eigenvalue weighted by Crippen LogP contribution is -2.26. The minimum atomic E-state index is 0.160. The Morgan fingerprint density at radius 2 is 1.62 bits per heavy atom. The standard InChI is InChI=1S/C13H19N.C2H6/c1-13(2,3)14-12-8-7-10-5-4-6-11(10)9-12;1-2/h7-9,14H,4-6H2,1-3H3;1-2H3. The molecule has 16 heavy (non-hydrogen) atoms. The number of benzene rings is 1. The molecule has 0 fully saturated rings. The Morgan fingerprint density at radius 1 is 1.00 bits per heavy atom. The summed E-state index contributed by atoms with van der Waals surface area (Å²) < 4.78 is 0. The van der Waals surface area contributed by atoms with E-state index in [0.29, 0.717) is 0 Å². The molecule has 0 bridgehead atoms. The molecule has 0 aromatic heterocycles. The second kappa shape index (κ2) is 5.38. The molecule has 0 amide bonds. The van der Waals surface area contributed by atoms with Crippen molar-refractivity contribution in [2.45, 2.75) is 59.4 Å². The molecule has 1 aromatic carbocycles. The van der Waals surface area contributed by atoms with Crippen LogP contribution >= 0.6 is 0 Å². The van der Waals surface area contributed by atoms with E-state index in [2.05, 4.69) is 44.3 Å². The third-order valence-electron chi connectivity index (χ3n) is 2.62. The molecular formula is C15H25N. The SMILES string of the molecule is CC.CC(C)(C)Nc1ccc2c(c1)CCC2. The Kier molecular flexibility index (Phi) is 4.40. The number of anilines is 1. The zero-order valence-corrected chi connectivity index (χ0v) is 11.4. The van der Waals surface area contributed by atoms with Crippen LogP contribution < -0.4 is 5.32 Å². The predicted molar refractivity (Wildman–Crippen MR) is 73.2 cm³/mol. The van der Waals surface area contributed by atoms with E-state index in [4.69, 9.17) is 0 Å². The van der Waals surface area contributed by atoms with Crippen LogP contribution in [0.15, 0.2) is 18.2 Å². The average Bonchev–Trinajstić information content (AvgIpc) is 2.65. The molecule has 1 aliphatic carbocycles. The van der Waals surface area contributed by atoms with Gasteiger partial charge in [0, 0.05) is 11.2 Å². The summed E-state index contributed by atoms with van der Waals surface area (Å²) in [4.78, 5) is 0. The Morgan fingerprint density at radius 3 is 2.25 bits per heavy atom. The summed E-state index contributed by atoms with van der Waals surface area (Å²) in [6.45, 7) is 10.6. The van der Waals surface area contributed by atoms with Crippen molar-refractivity contribution in [2.24, 2.45) is 0 Å². The third-order valence-corrected chi connectivity index (χ3v) is 2.62. The molecule has 1 aromatic rings. The van der Waals surface area contributed by atoms with Crippen LogP contribution in [0.5, 0.6) is 0 Å². The Balaban J connectivity index is 0.000000606. The Labute approximate surface area is 100 Å². The van der Waals surface area contributed by atoms with Gasteiger partial charge in [0.05, 0.1) is 0 Å². The molecule has 1 nitrogen and oxygen atoms in total. The lowest BCUT2D eigenvalue weighted by atomic mass is 10.1. The van der Waals surface area contributed by atoms with E-state index in [-0.39, 0.29) is 5.54 Å². The van der Waals surface area contributed by atoms with Gasteiger partial charge in [0.1, 0.15) is 0 Å². The molecule has 0 aliphatic heterocycles. The van der Waals surface area contributed by atoms with Crippen LogP contribution in [0.2, 0.25) is 0 Å². The summed E-state index contributed by atoms with van der Waals surface area (Å²) in [6, 6.07) is 6.79. The topological polar surface area (TPSA) is 12.0 Å². The monoisotopic (exact) mass is 219 g/mol. The van der Waals surface area contributed by atoms with Crippen molar-refractivity contribution in [1.29, 1.82) is 0 Å². The van der Waals surface area contributed by atoms with Gasteiger partial charge in [0.2, 0.25) is 0 Å². The quantitative estimate of drug-likeness (QED) is 0.737. The normalized spacial score (nSPS) is 13.8. The first-order valence-electron chi connectivity index (χ1n) is 6.45. The van der Waals surface area contributed by atoms with Gasteiger partial charge >= 0.3 is 0 Å². The van der Waals surface area contributed by atoms with E-state index in [1.165, 1.54) is 24.9 Å². The van der Waals surface area contributed by atoms with Crippen molar-refractivity contribution in [3.63, 3.8) is 0 Å². The van der Waals surface area contributed by atoms with Crippen LogP contribution in [-0.4, -0.2) is 5.54 Å². The summed E-state index contributed by atoms with van der Waals surface area (Å²) >= 11 is 0. The fraction of sp³-hybridized carbons (Fsp3) is 0.600. The van der Waals surface area contributed by atoms with Crippen molar-refractivity contribution >= 4 is 5.69 Å². The van der Waals surface area contributed by atoms with Gasteiger partial charge in [0.15, 0.2) is 0 Å². The maximum atomic E-state index is 3.51. The molecule has 0 saturated heterocycles. The lowest BCUT2D eigenvalue weighted by molar-refractivity contribution is 0.634. The van der Waals surface area contributed by atoms with Gasteiger partial charge < -0.3 is 5.32 Å². The second-order valence-electron chi connectivity index (χ2n) is 5.21. The smallest absolute Gasteiger partial charge is 0.0347 e. The summed E-state index contributed by atoms with van der Waals surface area (Å²) in [5.41, 5.74) is 4.51. The maximum absolute atomic E-state index is 3.51. The number of fused-ring (bicyclic) bond motifs is 1. The molecule has 1 aliphatic rings. The molecule has 0 saturated carbocycles. The van der Waals surface area contributed by atoms with Crippen LogP contribution in [0.3, 0.4) is 0 Å². The number of hydrogen-bond acceptors (Lipinski definition) is 1. The molecule has 0 atom stereocenters. The van der Waals surface area contributed by atoms with E-state index >= 15 is 0 Å². The van der Waals surface area contributed by atoms with Gasteiger partial charge in [-0.1, -0.05) is 19.9 Å². The highest BCUT2D eigenvalue weighted by molar-refractivity contribution is 5.51. The zero-order chi connectivity index (χ0) is 12.2. The first-order chi connectivity index (χ1) is 7.54. The van der Waals surface area contributed by atoms with E-state index in [9.17, 15) is 0 Å². The molecule has 2 rings (SSSR count). The van der Waals surface area contributed by atoms with Gasteiger partial charge in [-0.2, -0.15) is 0 Å². The van der Waals surface area contributed by atoms with E-state index in [0.717, 1.165) is 0 Å². The van der Waals surface area contributed by atoms with Crippen LogP contribution in [-0.2, 0) is 12.8 Å². The summed E-state index contributed by atoms with van der Waals surface area (Å²) in [6.07, 6.45) is 3.86. The second-order valence-corrected chi connectivity index (χ2v) is 5.21. The summed E-state index contributed by atoms with van der Waals surface area (Å²) in [5.74, 6) is 0. The first-order valence-corrected chi connectivity index (χ1v) is 6.45. The molecule has 90 valence electrons. The number of rotatable bonds is 1. The van der Waals surface area contributed by atoms with Crippen molar-refractivity contribution in [2.75, 3.05) is 5.32 Å². The molecular weight excluding hydrogens is 194 g/mol. The Hall–Kier alpha value is -0.980. The highest BCUT2D eigenvalue weighted by atomic mass is 14.9. The molecule has 0 unspecified atom stereocenters. The van der Waals surface area contributed by atoms with Crippen molar-refractivity contribution in [1.82, 2.24) is 0 Å². The number of nitrogens with one attached hydrogen (secondary N) is 1.